The first-order valence-corrected chi connectivity index (χ1v) is 7.56. The van der Waals surface area contributed by atoms with Gasteiger partial charge in [0, 0.05) is 5.56 Å². The number of benzene rings is 2. The van der Waals surface area contributed by atoms with E-state index in [1.807, 2.05) is 24.3 Å². The molecule has 2 heterocycles. The first kappa shape index (κ1) is 14.3. The van der Waals surface area contributed by atoms with Gasteiger partial charge in [0.1, 0.15) is 0 Å². The molecule has 0 saturated carbocycles. The molecule has 3 aromatic rings. The van der Waals surface area contributed by atoms with Gasteiger partial charge in [-0.15, -0.1) is 10.2 Å². The molecule has 8 heteroatoms. The summed E-state index contributed by atoms with van der Waals surface area (Å²) >= 11 is 11.9. The van der Waals surface area contributed by atoms with Gasteiger partial charge in [-0.2, -0.15) is 4.80 Å². The molecule has 0 saturated heterocycles. The lowest BCUT2D eigenvalue weighted by atomic mass is 10.2. The van der Waals surface area contributed by atoms with E-state index in [0.29, 0.717) is 28.2 Å². The average molecular weight is 349 g/mol. The van der Waals surface area contributed by atoms with Crippen LogP contribution in [0.4, 0.5) is 0 Å². The summed E-state index contributed by atoms with van der Waals surface area (Å²) in [5, 5.41) is 13.5. The fraction of sp³-hybridized carbons (Fsp3) is 0.133. The van der Waals surface area contributed by atoms with Crippen molar-refractivity contribution in [1.82, 2.24) is 20.2 Å². The number of halogens is 2. The van der Waals surface area contributed by atoms with Gasteiger partial charge in [-0.3, -0.25) is 0 Å². The number of rotatable bonds is 3. The van der Waals surface area contributed by atoms with Crippen LogP contribution in [0.3, 0.4) is 0 Å². The van der Waals surface area contributed by atoms with E-state index in [0.717, 1.165) is 16.9 Å². The zero-order valence-electron chi connectivity index (χ0n) is 11.7. The van der Waals surface area contributed by atoms with Crippen LogP contribution in [-0.4, -0.2) is 27.0 Å². The summed E-state index contributed by atoms with van der Waals surface area (Å²) in [5.41, 5.74) is 1.75. The van der Waals surface area contributed by atoms with Crippen molar-refractivity contribution < 1.29 is 9.47 Å². The third kappa shape index (κ3) is 2.83. The number of hydrogen-bond acceptors (Lipinski definition) is 5. The molecule has 0 spiro atoms. The quantitative estimate of drug-likeness (QED) is 0.725. The van der Waals surface area contributed by atoms with Crippen molar-refractivity contribution in [1.29, 1.82) is 0 Å². The summed E-state index contributed by atoms with van der Waals surface area (Å²) in [6, 6.07) is 10.9. The topological polar surface area (TPSA) is 62.1 Å². The summed E-state index contributed by atoms with van der Waals surface area (Å²) in [6.07, 6.45) is 0. The minimum absolute atomic E-state index is 0.232. The number of aromatic nitrogens is 4. The van der Waals surface area contributed by atoms with Gasteiger partial charge in [-0.05, 0) is 41.1 Å². The van der Waals surface area contributed by atoms with Crippen LogP contribution in [0.5, 0.6) is 11.5 Å². The van der Waals surface area contributed by atoms with E-state index in [1.54, 1.807) is 12.1 Å². The van der Waals surface area contributed by atoms with Gasteiger partial charge in [0.2, 0.25) is 12.6 Å². The van der Waals surface area contributed by atoms with E-state index in [4.69, 9.17) is 32.7 Å². The molecule has 6 nitrogen and oxygen atoms in total. The lowest BCUT2D eigenvalue weighted by Crippen LogP contribution is -2.04. The van der Waals surface area contributed by atoms with Gasteiger partial charge < -0.3 is 9.47 Å². The van der Waals surface area contributed by atoms with Crippen molar-refractivity contribution in [3.05, 3.63) is 52.0 Å². The summed E-state index contributed by atoms with van der Waals surface area (Å²) < 4.78 is 10.6. The highest BCUT2D eigenvalue weighted by atomic mass is 35.5. The highest BCUT2D eigenvalue weighted by Crippen LogP contribution is 2.34. The first-order chi connectivity index (χ1) is 11.2. The second-order valence-corrected chi connectivity index (χ2v) is 5.77. The summed E-state index contributed by atoms with van der Waals surface area (Å²) in [4.78, 5) is 1.50. The van der Waals surface area contributed by atoms with Gasteiger partial charge in [0.05, 0.1) is 16.6 Å². The first-order valence-electron chi connectivity index (χ1n) is 6.81. The summed E-state index contributed by atoms with van der Waals surface area (Å²) in [5.74, 6) is 1.92. The van der Waals surface area contributed by atoms with Crippen LogP contribution in [0.15, 0.2) is 36.4 Å². The Labute approximate surface area is 141 Å². The van der Waals surface area contributed by atoms with Crippen molar-refractivity contribution >= 4 is 23.2 Å². The van der Waals surface area contributed by atoms with Gasteiger partial charge in [0.15, 0.2) is 11.5 Å². The molecule has 4 rings (SSSR count). The number of tetrazole rings is 1. The molecule has 0 aliphatic carbocycles. The second kappa shape index (κ2) is 5.72. The fourth-order valence-electron chi connectivity index (χ4n) is 2.26. The van der Waals surface area contributed by atoms with Crippen molar-refractivity contribution in [3.8, 4) is 22.9 Å². The number of nitrogens with zero attached hydrogens (tertiary/aromatic N) is 4. The number of ether oxygens (including phenoxy) is 2. The standard InChI is InChI=1S/C15H10Cl2N4O2/c16-11-3-1-9(5-12(11)17)7-21-19-15(18-20-21)10-2-4-13-14(6-10)23-8-22-13/h1-6H,7-8H2. The van der Waals surface area contributed by atoms with Crippen LogP contribution < -0.4 is 9.47 Å². The van der Waals surface area contributed by atoms with Crippen molar-refractivity contribution in [3.63, 3.8) is 0 Å². The lowest BCUT2D eigenvalue weighted by Gasteiger charge is -2.02. The predicted octanol–water partition coefficient (Wildman–Crippen LogP) is 3.42. The molecule has 116 valence electrons. The molecule has 1 aliphatic rings. The SMILES string of the molecule is Clc1ccc(Cn2nnc(-c3ccc4c(c3)OCO4)n2)cc1Cl. The maximum absolute atomic E-state index is 6.01. The Morgan fingerprint density at radius 1 is 1.00 bits per heavy atom. The lowest BCUT2D eigenvalue weighted by molar-refractivity contribution is 0.174. The maximum atomic E-state index is 6.01. The van der Waals surface area contributed by atoms with Gasteiger partial charge in [0.25, 0.3) is 0 Å². The van der Waals surface area contributed by atoms with Crippen LogP contribution in [0.1, 0.15) is 5.56 Å². The summed E-state index contributed by atoms with van der Waals surface area (Å²) in [6.45, 7) is 0.685. The molecule has 0 atom stereocenters. The van der Waals surface area contributed by atoms with E-state index < -0.39 is 0 Å². The molecule has 1 aromatic heterocycles. The fourth-order valence-corrected chi connectivity index (χ4v) is 2.58. The van der Waals surface area contributed by atoms with Crippen LogP contribution >= 0.6 is 23.2 Å². The van der Waals surface area contributed by atoms with E-state index in [1.165, 1.54) is 4.80 Å². The van der Waals surface area contributed by atoms with Gasteiger partial charge in [-0.1, -0.05) is 29.3 Å². The minimum atomic E-state index is 0.232. The molecule has 1 aliphatic heterocycles. The molecule has 0 bridgehead atoms. The minimum Gasteiger partial charge on any atom is -0.454 e. The smallest absolute Gasteiger partial charge is 0.231 e. The van der Waals surface area contributed by atoms with Crippen LogP contribution in [-0.2, 0) is 6.54 Å². The van der Waals surface area contributed by atoms with E-state index in [-0.39, 0.29) is 6.79 Å². The number of fused-ring (bicyclic) bond motifs is 1. The molecule has 0 amide bonds. The van der Waals surface area contributed by atoms with Crippen LogP contribution in [0, 0.1) is 0 Å². The van der Waals surface area contributed by atoms with Crippen molar-refractivity contribution in [2.75, 3.05) is 6.79 Å². The van der Waals surface area contributed by atoms with Crippen molar-refractivity contribution in [2.24, 2.45) is 0 Å². The Hall–Kier alpha value is -2.31. The Morgan fingerprint density at radius 2 is 1.87 bits per heavy atom. The van der Waals surface area contributed by atoms with Gasteiger partial charge >= 0.3 is 0 Å². The van der Waals surface area contributed by atoms with Crippen LogP contribution in [0.25, 0.3) is 11.4 Å². The largest absolute Gasteiger partial charge is 0.454 e. The van der Waals surface area contributed by atoms with Crippen molar-refractivity contribution in [2.45, 2.75) is 6.54 Å². The number of hydrogen-bond donors (Lipinski definition) is 0. The Kier molecular flexibility index (Phi) is 3.55. The second-order valence-electron chi connectivity index (χ2n) is 4.96. The summed E-state index contributed by atoms with van der Waals surface area (Å²) in [7, 11) is 0. The average Bonchev–Trinajstić information content (AvgIpc) is 3.19. The monoisotopic (exact) mass is 348 g/mol. The molecule has 0 radical (unpaired) electrons. The Balaban J connectivity index is 1.58. The molecular formula is C15H10Cl2N4O2. The highest BCUT2D eigenvalue weighted by Gasteiger charge is 2.16. The third-order valence-electron chi connectivity index (χ3n) is 3.39. The molecule has 0 N–H and O–H groups in total. The molecule has 23 heavy (non-hydrogen) atoms. The molecule has 0 unspecified atom stereocenters. The third-order valence-corrected chi connectivity index (χ3v) is 4.13. The molecule has 2 aromatic carbocycles. The van der Waals surface area contributed by atoms with E-state index in [9.17, 15) is 0 Å². The Morgan fingerprint density at radius 3 is 2.74 bits per heavy atom. The van der Waals surface area contributed by atoms with E-state index in [2.05, 4.69) is 15.4 Å². The zero-order valence-corrected chi connectivity index (χ0v) is 13.3. The maximum Gasteiger partial charge on any atom is 0.231 e. The van der Waals surface area contributed by atoms with Gasteiger partial charge in [-0.25, -0.2) is 0 Å². The predicted molar refractivity (Wildman–Crippen MR) is 84.9 cm³/mol. The normalized spacial score (nSPS) is 12.6. The van der Waals surface area contributed by atoms with Crippen LogP contribution in [0.2, 0.25) is 10.0 Å². The van der Waals surface area contributed by atoms with E-state index >= 15 is 0 Å². The zero-order chi connectivity index (χ0) is 15.8. The highest BCUT2D eigenvalue weighted by molar-refractivity contribution is 6.42. The molecule has 0 fully saturated rings. The molecular weight excluding hydrogens is 339 g/mol. The Bertz CT molecular complexity index is 882.